The van der Waals surface area contributed by atoms with Gasteiger partial charge in [0.05, 0.1) is 0 Å². The molecule has 0 radical (unpaired) electrons. The van der Waals surface area contributed by atoms with Gasteiger partial charge in [0.15, 0.2) is 0 Å². The molecule has 0 aliphatic heterocycles. The van der Waals surface area contributed by atoms with Crippen LogP contribution in [0.4, 0.5) is 8.78 Å². The monoisotopic (exact) mass is 267 g/mol. The van der Waals surface area contributed by atoms with E-state index < -0.39 is 17.7 Å². The Hall–Kier alpha value is -0.380. The van der Waals surface area contributed by atoms with Gasteiger partial charge < -0.3 is 5.73 Å². The van der Waals surface area contributed by atoms with E-state index in [1.54, 1.807) is 0 Å². The first kappa shape index (κ1) is 13.7. The van der Waals surface area contributed by atoms with Crippen molar-refractivity contribution in [3.63, 3.8) is 0 Å². The summed E-state index contributed by atoms with van der Waals surface area (Å²) >= 11 is 5.53. The maximum Gasteiger partial charge on any atom is 0.132 e. The van der Waals surface area contributed by atoms with Crippen molar-refractivity contribution in [3.8, 4) is 0 Å². The molecule has 0 saturated heterocycles. The van der Waals surface area contributed by atoms with Crippen molar-refractivity contribution in [2.24, 2.45) is 11.7 Å². The molecule has 0 heterocycles. The Kier molecular flexibility index (Phi) is 4.53. The molecule has 0 spiro atoms. The lowest BCUT2D eigenvalue weighted by molar-refractivity contribution is 0.256. The average Bonchev–Trinajstić information content (AvgIpc) is 1.97. The quantitative estimate of drug-likeness (QED) is 0.866. The number of halogens is 4. The van der Waals surface area contributed by atoms with Crippen LogP contribution in [-0.4, -0.2) is 0 Å². The number of benzene rings is 1. The summed E-state index contributed by atoms with van der Waals surface area (Å²) < 4.78 is 27.0. The molecule has 1 nitrogen and oxygen atoms in total. The van der Waals surface area contributed by atoms with E-state index in [-0.39, 0.29) is 28.9 Å². The molecule has 0 aromatic heterocycles. The molecule has 16 heavy (non-hydrogen) atoms. The second-order valence-electron chi connectivity index (χ2n) is 4.00. The van der Waals surface area contributed by atoms with Gasteiger partial charge in [0, 0.05) is 16.6 Å². The van der Waals surface area contributed by atoms with Gasteiger partial charge in [-0.25, -0.2) is 8.78 Å². The van der Waals surface area contributed by atoms with Gasteiger partial charge in [0.1, 0.15) is 11.6 Å². The number of rotatable bonds is 2. The van der Waals surface area contributed by atoms with Crippen LogP contribution in [0.2, 0.25) is 5.02 Å². The Balaban J connectivity index is 0.00000128. The first-order valence-corrected chi connectivity index (χ1v) is 5.37. The third kappa shape index (κ3) is 2.47. The molecule has 1 aromatic carbocycles. The van der Waals surface area contributed by atoms with Crippen LogP contribution in [0.5, 0.6) is 0 Å². The van der Waals surface area contributed by atoms with Crippen LogP contribution < -0.4 is 5.73 Å². The van der Waals surface area contributed by atoms with Gasteiger partial charge in [0.25, 0.3) is 0 Å². The number of hydrogen-bond donors (Lipinski definition) is 1. The van der Waals surface area contributed by atoms with Crippen LogP contribution in [0.3, 0.4) is 0 Å². The van der Waals surface area contributed by atoms with Crippen molar-refractivity contribution in [3.05, 3.63) is 34.4 Å². The molecule has 1 aliphatic rings. The Labute approximate surface area is 104 Å². The van der Waals surface area contributed by atoms with E-state index in [0.717, 1.165) is 31.4 Å². The molecule has 0 unspecified atom stereocenters. The van der Waals surface area contributed by atoms with Gasteiger partial charge in [-0.3, -0.25) is 0 Å². The lowest BCUT2D eigenvalue weighted by Gasteiger charge is -2.31. The van der Waals surface area contributed by atoms with Crippen LogP contribution in [-0.2, 0) is 0 Å². The molecule has 0 amide bonds. The van der Waals surface area contributed by atoms with Gasteiger partial charge in [0.2, 0.25) is 0 Å². The number of nitrogens with two attached hydrogens (primary N) is 1. The van der Waals surface area contributed by atoms with E-state index in [1.165, 1.54) is 0 Å². The van der Waals surface area contributed by atoms with Gasteiger partial charge >= 0.3 is 0 Å². The summed E-state index contributed by atoms with van der Waals surface area (Å²) in [5, 5.41) is 0.0644. The second kappa shape index (κ2) is 5.30. The molecular weight excluding hydrogens is 255 g/mol. The van der Waals surface area contributed by atoms with Crippen LogP contribution in [0.1, 0.15) is 30.9 Å². The van der Waals surface area contributed by atoms with E-state index in [0.29, 0.717) is 0 Å². The maximum atomic E-state index is 13.5. The molecular formula is C11H13Cl2F2N. The average molecular weight is 268 g/mol. The third-order valence-corrected chi connectivity index (χ3v) is 3.25. The van der Waals surface area contributed by atoms with Gasteiger partial charge in [-0.2, -0.15) is 0 Å². The van der Waals surface area contributed by atoms with Crippen LogP contribution >= 0.6 is 24.0 Å². The van der Waals surface area contributed by atoms with E-state index >= 15 is 0 Å². The first-order chi connectivity index (χ1) is 7.09. The summed E-state index contributed by atoms with van der Waals surface area (Å²) in [6.45, 7) is 0. The summed E-state index contributed by atoms with van der Waals surface area (Å²) in [6, 6.07) is 1.67. The third-order valence-electron chi connectivity index (χ3n) is 3.03. The highest BCUT2D eigenvalue weighted by Crippen LogP contribution is 2.38. The largest absolute Gasteiger partial charge is 0.324 e. The molecule has 1 aromatic rings. The highest BCUT2D eigenvalue weighted by atomic mass is 35.5. The minimum absolute atomic E-state index is 0. The van der Waals surface area contributed by atoms with Crippen molar-refractivity contribution >= 4 is 24.0 Å². The van der Waals surface area contributed by atoms with E-state index in [9.17, 15) is 8.78 Å². The summed E-state index contributed by atoms with van der Waals surface area (Å²) in [6.07, 6.45) is 2.99. The first-order valence-electron chi connectivity index (χ1n) is 4.99. The van der Waals surface area contributed by atoms with E-state index in [2.05, 4.69) is 0 Å². The Bertz CT molecular complexity index is 357. The van der Waals surface area contributed by atoms with Crippen molar-refractivity contribution in [1.29, 1.82) is 0 Å². The van der Waals surface area contributed by atoms with Gasteiger partial charge in [-0.1, -0.05) is 18.0 Å². The summed E-state index contributed by atoms with van der Waals surface area (Å²) in [4.78, 5) is 0. The van der Waals surface area contributed by atoms with Crippen molar-refractivity contribution < 1.29 is 8.78 Å². The number of hydrogen-bond acceptors (Lipinski definition) is 1. The Morgan fingerprint density at radius 3 is 2.12 bits per heavy atom. The van der Waals surface area contributed by atoms with Crippen molar-refractivity contribution in [2.75, 3.05) is 0 Å². The second-order valence-corrected chi connectivity index (χ2v) is 4.44. The van der Waals surface area contributed by atoms with Crippen molar-refractivity contribution in [2.45, 2.75) is 25.3 Å². The zero-order chi connectivity index (χ0) is 11.0. The molecule has 1 fully saturated rings. The predicted molar refractivity (Wildman–Crippen MR) is 62.9 cm³/mol. The van der Waals surface area contributed by atoms with Crippen LogP contribution in [0.25, 0.3) is 0 Å². The van der Waals surface area contributed by atoms with Crippen LogP contribution in [0.15, 0.2) is 12.1 Å². The normalized spacial score (nSPS) is 17.5. The summed E-state index contributed by atoms with van der Waals surface area (Å²) in [5.41, 5.74) is 5.80. The van der Waals surface area contributed by atoms with Gasteiger partial charge in [-0.05, 0) is 30.9 Å². The van der Waals surface area contributed by atoms with Crippen LogP contribution in [0, 0.1) is 17.6 Å². The molecule has 1 saturated carbocycles. The zero-order valence-electron chi connectivity index (χ0n) is 8.55. The Morgan fingerprint density at radius 1 is 1.25 bits per heavy atom. The molecule has 1 aliphatic carbocycles. The minimum atomic E-state index is -0.639. The highest BCUT2D eigenvalue weighted by Gasteiger charge is 2.29. The zero-order valence-corrected chi connectivity index (χ0v) is 10.1. The SMILES string of the molecule is Cl.N[C@H](c1c(F)cc(Cl)cc1F)C1CCC1. The molecule has 0 bridgehead atoms. The minimum Gasteiger partial charge on any atom is -0.324 e. The smallest absolute Gasteiger partial charge is 0.132 e. The fourth-order valence-corrected chi connectivity index (χ4v) is 2.10. The predicted octanol–water partition coefficient (Wildman–Crippen LogP) is 3.84. The lowest BCUT2D eigenvalue weighted by atomic mass is 9.77. The molecule has 1 atom stereocenters. The topological polar surface area (TPSA) is 26.0 Å². The maximum absolute atomic E-state index is 13.5. The van der Waals surface area contributed by atoms with E-state index in [1.807, 2.05) is 0 Å². The summed E-state index contributed by atoms with van der Waals surface area (Å²) in [7, 11) is 0. The molecule has 5 heteroatoms. The summed E-state index contributed by atoms with van der Waals surface area (Å²) in [5.74, 6) is -1.08. The lowest BCUT2D eigenvalue weighted by Crippen LogP contribution is -2.28. The van der Waals surface area contributed by atoms with Gasteiger partial charge in [-0.15, -0.1) is 12.4 Å². The molecule has 2 rings (SSSR count). The Morgan fingerprint density at radius 2 is 1.75 bits per heavy atom. The highest BCUT2D eigenvalue weighted by molar-refractivity contribution is 6.30. The fraction of sp³-hybridized carbons (Fsp3) is 0.455. The van der Waals surface area contributed by atoms with Crippen molar-refractivity contribution in [1.82, 2.24) is 0 Å². The standard InChI is InChI=1S/C11H12ClF2N.ClH/c12-7-4-8(13)10(9(14)5-7)11(15)6-2-1-3-6;/h4-6,11H,1-3,15H2;1H/t11-;/m0./s1. The molecule has 2 N–H and O–H groups in total. The fourth-order valence-electron chi connectivity index (χ4n) is 1.91. The van der Waals surface area contributed by atoms with E-state index in [4.69, 9.17) is 17.3 Å². The molecule has 90 valence electrons.